The Morgan fingerprint density at radius 3 is 2.42 bits per heavy atom. The van der Waals surface area contributed by atoms with Crippen molar-refractivity contribution in [2.75, 3.05) is 18.4 Å². The number of aliphatic hydroxyl groups excluding tert-OH is 1. The Balaban J connectivity index is 1.58. The quantitative estimate of drug-likeness (QED) is 0.819. The number of piperidine rings is 1. The van der Waals surface area contributed by atoms with Crippen molar-refractivity contribution in [1.29, 1.82) is 0 Å². The van der Waals surface area contributed by atoms with Gasteiger partial charge in [0.25, 0.3) is 0 Å². The lowest BCUT2D eigenvalue weighted by Crippen LogP contribution is -2.42. The van der Waals surface area contributed by atoms with Crippen LogP contribution in [-0.2, 0) is 7.05 Å². The first kappa shape index (κ1) is 18.2. The third kappa shape index (κ3) is 3.67. The van der Waals surface area contributed by atoms with E-state index in [-0.39, 0.29) is 11.6 Å². The van der Waals surface area contributed by atoms with Crippen LogP contribution in [0.1, 0.15) is 24.8 Å². The van der Waals surface area contributed by atoms with Gasteiger partial charge in [-0.15, -0.1) is 0 Å². The number of imidazole rings is 1. The summed E-state index contributed by atoms with van der Waals surface area (Å²) in [6, 6.07) is 0.933. The number of likely N-dealkylation sites (tertiary alicyclic amines) is 1. The van der Waals surface area contributed by atoms with Crippen LogP contribution in [-0.4, -0.2) is 38.7 Å². The number of carbonyl (C=O) groups is 1. The highest BCUT2D eigenvalue weighted by Gasteiger charge is 2.30. The number of nitrogens with zero attached hydrogens (tertiary/aromatic N) is 3. The molecule has 9 heteroatoms. The summed E-state index contributed by atoms with van der Waals surface area (Å²) in [6.45, 7) is 0.758. The van der Waals surface area contributed by atoms with Crippen LogP contribution in [0.2, 0.25) is 0 Å². The molecular weight excluding hydrogens is 349 g/mol. The molecule has 1 aromatic heterocycles. The van der Waals surface area contributed by atoms with Gasteiger partial charge in [-0.05, 0) is 18.8 Å². The van der Waals surface area contributed by atoms with Crippen LogP contribution in [0, 0.1) is 23.4 Å². The van der Waals surface area contributed by atoms with Crippen LogP contribution >= 0.6 is 0 Å². The summed E-state index contributed by atoms with van der Waals surface area (Å²) < 4.78 is 41.2. The first-order chi connectivity index (χ1) is 12.4. The molecule has 0 radical (unpaired) electrons. The number of amides is 2. The van der Waals surface area contributed by atoms with Gasteiger partial charge in [0.05, 0.1) is 0 Å². The van der Waals surface area contributed by atoms with Crippen molar-refractivity contribution in [3.05, 3.63) is 47.8 Å². The molecule has 0 aliphatic carbocycles. The fourth-order valence-electron chi connectivity index (χ4n) is 3.12. The number of hydrogen-bond donors (Lipinski definition) is 2. The highest BCUT2D eigenvalue weighted by atomic mass is 19.2. The van der Waals surface area contributed by atoms with Crippen LogP contribution in [0.4, 0.5) is 23.7 Å². The second-order valence-electron chi connectivity index (χ2n) is 6.35. The summed E-state index contributed by atoms with van der Waals surface area (Å²) in [7, 11) is 1.80. The molecule has 3 rings (SSSR count). The van der Waals surface area contributed by atoms with Crippen LogP contribution in [0.5, 0.6) is 0 Å². The summed E-state index contributed by atoms with van der Waals surface area (Å²) >= 11 is 0. The zero-order valence-electron chi connectivity index (χ0n) is 14.1. The number of urea groups is 1. The maximum Gasteiger partial charge on any atom is 0.321 e. The van der Waals surface area contributed by atoms with Crippen molar-refractivity contribution >= 4 is 11.7 Å². The van der Waals surface area contributed by atoms with Crippen LogP contribution in [0.3, 0.4) is 0 Å². The number of carbonyl (C=O) groups excluding carboxylic acids is 1. The Morgan fingerprint density at radius 1 is 1.27 bits per heavy atom. The van der Waals surface area contributed by atoms with E-state index in [1.165, 1.54) is 4.90 Å². The van der Waals surface area contributed by atoms with Crippen molar-refractivity contribution in [3.8, 4) is 0 Å². The summed E-state index contributed by atoms with van der Waals surface area (Å²) in [6.07, 6.45) is 3.77. The molecule has 0 unspecified atom stereocenters. The molecule has 1 aromatic carbocycles. The van der Waals surface area contributed by atoms with E-state index in [2.05, 4.69) is 10.3 Å². The van der Waals surface area contributed by atoms with Crippen LogP contribution in [0.15, 0.2) is 24.5 Å². The van der Waals surface area contributed by atoms with Gasteiger partial charge in [0, 0.05) is 50.4 Å². The first-order valence-corrected chi connectivity index (χ1v) is 8.22. The van der Waals surface area contributed by atoms with Gasteiger partial charge in [0.15, 0.2) is 17.5 Å². The zero-order chi connectivity index (χ0) is 18.8. The Morgan fingerprint density at radius 2 is 1.88 bits per heavy atom. The van der Waals surface area contributed by atoms with E-state index in [1.807, 2.05) is 0 Å². The smallest absolute Gasteiger partial charge is 0.321 e. The molecule has 1 atom stereocenters. The monoisotopic (exact) mass is 368 g/mol. The Kier molecular flexibility index (Phi) is 5.17. The molecule has 0 spiro atoms. The van der Waals surface area contributed by atoms with Crippen LogP contribution < -0.4 is 5.32 Å². The van der Waals surface area contributed by atoms with E-state index in [1.54, 1.807) is 24.0 Å². The Hall–Kier alpha value is -2.55. The third-order valence-electron chi connectivity index (χ3n) is 4.63. The molecule has 1 fully saturated rings. The number of aromatic nitrogens is 2. The fraction of sp³-hybridized carbons (Fsp3) is 0.412. The van der Waals surface area contributed by atoms with Gasteiger partial charge >= 0.3 is 6.03 Å². The SMILES string of the molecule is Cn1ccnc1[C@H](O)C1CCN(C(=O)Nc2cc(F)c(F)c(F)c2)CC1. The largest absolute Gasteiger partial charge is 0.385 e. The third-order valence-corrected chi connectivity index (χ3v) is 4.63. The van der Waals surface area contributed by atoms with E-state index in [0.29, 0.717) is 31.8 Å². The number of aliphatic hydroxyl groups is 1. The van der Waals surface area contributed by atoms with E-state index < -0.39 is 29.6 Å². The molecule has 2 amide bonds. The van der Waals surface area contributed by atoms with Crippen molar-refractivity contribution in [3.63, 3.8) is 0 Å². The molecule has 0 bridgehead atoms. The molecule has 2 heterocycles. The van der Waals surface area contributed by atoms with E-state index in [0.717, 1.165) is 12.1 Å². The second-order valence-corrected chi connectivity index (χ2v) is 6.35. The molecule has 2 aromatic rings. The number of hydrogen-bond acceptors (Lipinski definition) is 3. The van der Waals surface area contributed by atoms with Gasteiger partial charge < -0.3 is 19.9 Å². The summed E-state index contributed by atoms with van der Waals surface area (Å²) in [5, 5.41) is 12.8. The lowest BCUT2D eigenvalue weighted by atomic mass is 9.91. The predicted octanol–water partition coefficient (Wildman–Crippen LogP) is 2.81. The highest BCUT2D eigenvalue weighted by molar-refractivity contribution is 5.89. The topological polar surface area (TPSA) is 70.4 Å². The van der Waals surface area contributed by atoms with Crippen molar-refractivity contribution in [2.24, 2.45) is 13.0 Å². The second kappa shape index (κ2) is 7.36. The normalized spacial score (nSPS) is 16.6. The molecular formula is C17H19F3N4O2. The van der Waals surface area contributed by atoms with Crippen molar-refractivity contribution in [2.45, 2.75) is 18.9 Å². The lowest BCUT2D eigenvalue weighted by molar-refractivity contribution is 0.0600. The predicted molar refractivity (Wildman–Crippen MR) is 87.8 cm³/mol. The molecule has 1 aliphatic rings. The van der Waals surface area contributed by atoms with Gasteiger partial charge in [-0.25, -0.2) is 22.9 Å². The summed E-state index contributed by atoms with van der Waals surface area (Å²) in [5.74, 6) is -3.77. The number of aryl methyl sites for hydroxylation is 1. The number of anilines is 1. The molecule has 2 N–H and O–H groups in total. The molecule has 26 heavy (non-hydrogen) atoms. The summed E-state index contributed by atoms with van der Waals surface area (Å²) in [5.41, 5.74) is -0.151. The lowest BCUT2D eigenvalue weighted by Gasteiger charge is -2.34. The van der Waals surface area contributed by atoms with E-state index in [4.69, 9.17) is 0 Å². The maximum atomic E-state index is 13.2. The number of nitrogens with one attached hydrogen (secondary N) is 1. The molecule has 6 nitrogen and oxygen atoms in total. The van der Waals surface area contributed by atoms with Gasteiger partial charge in [-0.2, -0.15) is 0 Å². The standard InChI is InChI=1S/C17H19F3N4O2/c1-23-7-4-21-16(23)15(25)10-2-5-24(6-3-10)17(26)22-11-8-12(18)14(20)13(19)9-11/h4,7-10,15,25H,2-3,5-6H2,1H3,(H,22,26)/t15-/m1/s1. The molecule has 1 saturated heterocycles. The fourth-order valence-corrected chi connectivity index (χ4v) is 3.12. The number of rotatable bonds is 3. The first-order valence-electron chi connectivity index (χ1n) is 8.22. The van der Waals surface area contributed by atoms with Gasteiger partial charge in [-0.1, -0.05) is 0 Å². The number of halogens is 3. The average Bonchev–Trinajstić information content (AvgIpc) is 3.05. The number of benzene rings is 1. The average molecular weight is 368 g/mol. The van der Waals surface area contributed by atoms with Crippen LogP contribution in [0.25, 0.3) is 0 Å². The van der Waals surface area contributed by atoms with Crippen molar-refractivity contribution in [1.82, 2.24) is 14.5 Å². The molecule has 1 aliphatic heterocycles. The Labute approximate surface area is 148 Å². The minimum atomic E-state index is -1.58. The minimum Gasteiger partial charge on any atom is -0.385 e. The highest BCUT2D eigenvalue weighted by Crippen LogP contribution is 2.30. The van der Waals surface area contributed by atoms with Crippen molar-refractivity contribution < 1.29 is 23.1 Å². The minimum absolute atomic E-state index is 0.0409. The molecule has 0 saturated carbocycles. The van der Waals surface area contributed by atoms with Gasteiger partial charge in [0.2, 0.25) is 0 Å². The van der Waals surface area contributed by atoms with Gasteiger partial charge in [0.1, 0.15) is 11.9 Å². The molecule has 140 valence electrons. The van der Waals surface area contributed by atoms with Gasteiger partial charge in [-0.3, -0.25) is 0 Å². The Bertz CT molecular complexity index is 780. The van der Waals surface area contributed by atoms with E-state index >= 15 is 0 Å². The zero-order valence-corrected chi connectivity index (χ0v) is 14.1. The maximum absolute atomic E-state index is 13.2. The van der Waals surface area contributed by atoms with E-state index in [9.17, 15) is 23.1 Å². The summed E-state index contributed by atoms with van der Waals surface area (Å²) in [4.78, 5) is 17.9.